The normalized spacial score (nSPS) is 13.2. The van der Waals surface area contributed by atoms with Crippen molar-refractivity contribution in [2.45, 2.75) is 58.8 Å². The van der Waals surface area contributed by atoms with Gasteiger partial charge in [0.05, 0.1) is 28.1 Å². The van der Waals surface area contributed by atoms with Gasteiger partial charge in [0, 0.05) is 5.56 Å². The van der Waals surface area contributed by atoms with Crippen molar-refractivity contribution in [2.75, 3.05) is 0 Å². The fourth-order valence-electron chi connectivity index (χ4n) is 2.56. The largest absolute Gasteiger partial charge is 0.444 e. The first kappa shape index (κ1) is 22.1. The van der Waals surface area contributed by atoms with Crippen LogP contribution in [0.15, 0.2) is 30.3 Å². The van der Waals surface area contributed by atoms with Crippen LogP contribution in [0.1, 0.15) is 58.9 Å². The first-order valence-electron chi connectivity index (χ1n) is 8.95. The number of ether oxygens (including phenoxy) is 1. The summed E-state index contributed by atoms with van der Waals surface area (Å²) < 4.78 is 18.9. The summed E-state index contributed by atoms with van der Waals surface area (Å²) in [7, 11) is 0. The first-order valence-corrected chi connectivity index (χ1v) is 9.33. The Balaban J connectivity index is 2.46. The highest BCUT2D eigenvalue weighted by Crippen LogP contribution is 2.30. The summed E-state index contributed by atoms with van der Waals surface area (Å²) in [6, 6.07) is 7.79. The van der Waals surface area contributed by atoms with E-state index >= 15 is 0 Å². The number of benzene rings is 1. The maximum absolute atomic E-state index is 13.5. The standard InChI is InChI=1S/C21H26ClFN2O3/c1-12(26)17-10-14(21(5,6)25-19(27)28-20(2,3)4)11-18(24-17)13-7-8-16(23)15(22)9-13/h7-12,26H,1-6H3,(H,25,27). The topological polar surface area (TPSA) is 71.5 Å². The van der Waals surface area contributed by atoms with Gasteiger partial charge in [-0.25, -0.2) is 9.18 Å². The zero-order valence-electron chi connectivity index (χ0n) is 16.9. The second-order valence-corrected chi connectivity index (χ2v) is 8.63. The molecule has 7 heteroatoms. The molecule has 0 bridgehead atoms. The molecule has 0 fully saturated rings. The molecule has 0 aliphatic carbocycles. The van der Waals surface area contributed by atoms with Gasteiger partial charge in [0.25, 0.3) is 0 Å². The minimum absolute atomic E-state index is 0.0190. The number of nitrogens with zero attached hydrogens (tertiary/aromatic N) is 1. The van der Waals surface area contributed by atoms with Crippen molar-refractivity contribution in [3.8, 4) is 11.3 Å². The molecule has 2 rings (SSSR count). The lowest BCUT2D eigenvalue weighted by Gasteiger charge is -2.30. The molecule has 1 aromatic heterocycles. The number of carbonyl (C=O) groups excluding carboxylic acids is 1. The summed E-state index contributed by atoms with van der Waals surface area (Å²) in [5.41, 5.74) is 0.802. The summed E-state index contributed by atoms with van der Waals surface area (Å²) in [5, 5.41) is 12.9. The van der Waals surface area contributed by atoms with Crippen LogP contribution < -0.4 is 5.32 Å². The van der Waals surface area contributed by atoms with Gasteiger partial charge in [0.15, 0.2) is 0 Å². The van der Waals surface area contributed by atoms with Gasteiger partial charge in [-0.05, 0) is 77.4 Å². The SMILES string of the molecule is CC(O)c1cc(C(C)(C)NC(=O)OC(C)(C)C)cc(-c2ccc(F)c(Cl)c2)n1. The second kappa shape index (κ2) is 8.05. The van der Waals surface area contributed by atoms with Crippen LogP contribution in [0.25, 0.3) is 11.3 Å². The van der Waals surface area contributed by atoms with Crippen LogP contribution in [0.3, 0.4) is 0 Å². The third kappa shape index (κ3) is 5.66. The predicted molar refractivity (Wildman–Crippen MR) is 108 cm³/mol. The molecule has 5 nitrogen and oxygen atoms in total. The molecule has 2 aromatic rings. The van der Waals surface area contributed by atoms with E-state index in [1.807, 2.05) is 13.8 Å². The molecule has 1 aromatic carbocycles. The smallest absolute Gasteiger partial charge is 0.408 e. The summed E-state index contributed by atoms with van der Waals surface area (Å²) >= 11 is 5.90. The van der Waals surface area contributed by atoms with Crippen LogP contribution >= 0.6 is 11.6 Å². The van der Waals surface area contributed by atoms with Crippen LogP contribution in [-0.4, -0.2) is 21.8 Å². The Hall–Kier alpha value is -2.18. The van der Waals surface area contributed by atoms with Crippen molar-refractivity contribution in [2.24, 2.45) is 0 Å². The number of aliphatic hydroxyl groups excluding tert-OH is 1. The first-order chi connectivity index (χ1) is 12.8. The Bertz CT molecular complexity index is 876. The van der Waals surface area contributed by atoms with Crippen molar-refractivity contribution < 1.29 is 19.0 Å². The van der Waals surface area contributed by atoms with Crippen molar-refractivity contribution in [3.05, 3.63) is 52.4 Å². The molecule has 0 saturated carbocycles. The number of aliphatic hydroxyl groups is 1. The average molecular weight is 409 g/mol. The van der Waals surface area contributed by atoms with Gasteiger partial charge >= 0.3 is 6.09 Å². The third-order valence-electron chi connectivity index (χ3n) is 4.02. The number of rotatable bonds is 4. The minimum Gasteiger partial charge on any atom is -0.444 e. The van der Waals surface area contributed by atoms with Gasteiger partial charge in [0.2, 0.25) is 0 Å². The molecule has 2 N–H and O–H groups in total. The van der Waals surface area contributed by atoms with Gasteiger partial charge in [-0.3, -0.25) is 4.98 Å². The molecule has 1 unspecified atom stereocenters. The van der Waals surface area contributed by atoms with Crippen LogP contribution in [-0.2, 0) is 10.3 Å². The molecule has 1 atom stereocenters. The van der Waals surface area contributed by atoms with E-state index in [0.717, 1.165) is 0 Å². The van der Waals surface area contributed by atoms with Crippen LogP contribution in [0.5, 0.6) is 0 Å². The van der Waals surface area contributed by atoms with Crippen LogP contribution in [0.4, 0.5) is 9.18 Å². The summed E-state index contributed by atoms with van der Waals surface area (Å²) in [6.45, 7) is 10.6. The average Bonchev–Trinajstić information content (AvgIpc) is 2.54. The van der Waals surface area contributed by atoms with Gasteiger partial charge < -0.3 is 15.2 Å². The molecule has 0 aliphatic heterocycles. The third-order valence-corrected chi connectivity index (χ3v) is 4.31. The number of pyridine rings is 1. The highest BCUT2D eigenvalue weighted by molar-refractivity contribution is 6.31. The van der Waals surface area contributed by atoms with Crippen LogP contribution in [0.2, 0.25) is 5.02 Å². The molecule has 0 radical (unpaired) electrons. The van der Waals surface area contributed by atoms with Gasteiger partial charge in [-0.15, -0.1) is 0 Å². The van der Waals surface area contributed by atoms with Gasteiger partial charge in [-0.1, -0.05) is 11.6 Å². The van der Waals surface area contributed by atoms with E-state index in [9.17, 15) is 14.3 Å². The van der Waals surface area contributed by atoms with E-state index in [1.54, 1.807) is 45.9 Å². The zero-order valence-corrected chi connectivity index (χ0v) is 17.7. The molecule has 0 spiro atoms. The van der Waals surface area contributed by atoms with Crippen molar-refractivity contribution in [3.63, 3.8) is 0 Å². The van der Waals surface area contributed by atoms with Crippen molar-refractivity contribution in [1.82, 2.24) is 10.3 Å². The highest BCUT2D eigenvalue weighted by atomic mass is 35.5. The van der Waals surface area contributed by atoms with E-state index in [0.29, 0.717) is 22.5 Å². The molecule has 0 saturated heterocycles. The molecule has 1 amide bonds. The molecule has 0 aliphatic rings. The van der Waals surface area contributed by atoms with E-state index in [2.05, 4.69) is 10.3 Å². The summed E-state index contributed by atoms with van der Waals surface area (Å²) in [5.74, 6) is -0.524. The number of aromatic nitrogens is 1. The van der Waals surface area contributed by atoms with E-state index in [-0.39, 0.29) is 5.02 Å². The van der Waals surface area contributed by atoms with Crippen molar-refractivity contribution in [1.29, 1.82) is 0 Å². The Kier molecular flexibility index (Phi) is 6.36. The lowest BCUT2D eigenvalue weighted by Crippen LogP contribution is -2.43. The number of halogens is 2. The monoisotopic (exact) mass is 408 g/mol. The Morgan fingerprint density at radius 3 is 2.39 bits per heavy atom. The van der Waals surface area contributed by atoms with E-state index in [4.69, 9.17) is 16.3 Å². The minimum atomic E-state index is -0.827. The molecule has 28 heavy (non-hydrogen) atoms. The number of amides is 1. The highest BCUT2D eigenvalue weighted by Gasteiger charge is 2.28. The zero-order chi connectivity index (χ0) is 21.3. The fourth-order valence-corrected chi connectivity index (χ4v) is 2.74. The maximum atomic E-state index is 13.5. The Labute approximate surface area is 169 Å². The number of nitrogens with one attached hydrogen (secondary N) is 1. The number of hydrogen-bond donors (Lipinski definition) is 2. The van der Waals surface area contributed by atoms with Gasteiger partial charge in [-0.2, -0.15) is 0 Å². The maximum Gasteiger partial charge on any atom is 0.408 e. The molecular formula is C21H26ClFN2O3. The number of carbonyl (C=O) groups is 1. The summed E-state index contributed by atoms with van der Waals surface area (Å²) in [4.78, 5) is 16.7. The molecule has 1 heterocycles. The lowest BCUT2D eigenvalue weighted by molar-refractivity contribution is 0.0470. The van der Waals surface area contributed by atoms with Crippen LogP contribution in [0, 0.1) is 5.82 Å². The fraction of sp³-hybridized carbons (Fsp3) is 0.429. The number of alkyl carbamates (subject to hydrolysis) is 1. The Morgan fingerprint density at radius 2 is 1.86 bits per heavy atom. The molecule has 152 valence electrons. The van der Waals surface area contributed by atoms with Gasteiger partial charge in [0.1, 0.15) is 11.4 Å². The van der Waals surface area contributed by atoms with Crippen molar-refractivity contribution >= 4 is 17.7 Å². The lowest BCUT2D eigenvalue weighted by atomic mass is 9.92. The van der Waals surface area contributed by atoms with E-state index in [1.165, 1.54) is 12.1 Å². The Morgan fingerprint density at radius 1 is 1.21 bits per heavy atom. The van der Waals surface area contributed by atoms with E-state index < -0.39 is 29.2 Å². The predicted octanol–water partition coefficient (Wildman–Crippen LogP) is 5.35. The quantitative estimate of drug-likeness (QED) is 0.714. The molecular weight excluding hydrogens is 383 g/mol. The number of hydrogen-bond acceptors (Lipinski definition) is 4. The second-order valence-electron chi connectivity index (χ2n) is 8.22. The summed E-state index contributed by atoms with van der Waals surface area (Å²) in [6.07, 6.45) is -1.38.